The summed E-state index contributed by atoms with van der Waals surface area (Å²) in [5.74, 6) is -1.36. The van der Waals surface area contributed by atoms with Crippen LogP contribution in [0.15, 0.2) is 16.7 Å². The second-order valence-corrected chi connectivity index (χ2v) is 6.99. The van der Waals surface area contributed by atoms with Crippen LogP contribution in [-0.2, 0) is 16.0 Å². The second kappa shape index (κ2) is 7.09. The zero-order valence-corrected chi connectivity index (χ0v) is 14.6. The van der Waals surface area contributed by atoms with E-state index >= 15 is 0 Å². The van der Waals surface area contributed by atoms with Gasteiger partial charge in [-0.1, -0.05) is 6.92 Å². The van der Waals surface area contributed by atoms with Gasteiger partial charge in [-0.3, -0.25) is 9.59 Å². The maximum absolute atomic E-state index is 12.6. The SMILES string of the molecule is Cc1ccoc1CC(=O)NCCN(C)C(=O)C1(C)CC(C(F)(F)F)C1. The van der Waals surface area contributed by atoms with Crippen molar-refractivity contribution in [3.05, 3.63) is 23.7 Å². The number of furan rings is 1. The van der Waals surface area contributed by atoms with Crippen molar-refractivity contribution in [3.8, 4) is 0 Å². The topological polar surface area (TPSA) is 62.6 Å². The van der Waals surface area contributed by atoms with Crippen molar-refractivity contribution >= 4 is 11.8 Å². The molecule has 1 heterocycles. The van der Waals surface area contributed by atoms with E-state index in [1.54, 1.807) is 13.0 Å². The molecule has 1 saturated carbocycles. The molecule has 2 rings (SSSR count). The van der Waals surface area contributed by atoms with E-state index < -0.39 is 17.5 Å². The summed E-state index contributed by atoms with van der Waals surface area (Å²) in [4.78, 5) is 25.5. The van der Waals surface area contributed by atoms with E-state index in [4.69, 9.17) is 4.42 Å². The Morgan fingerprint density at radius 1 is 1.40 bits per heavy atom. The minimum atomic E-state index is -4.24. The number of likely N-dealkylation sites (N-methyl/N-ethyl adjacent to an activating group) is 1. The van der Waals surface area contributed by atoms with Gasteiger partial charge in [0, 0.05) is 25.6 Å². The number of carbonyl (C=O) groups is 2. The summed E-state index contributed by atoms with van der Waals surface area (Å²) in [5.41, 5.74) is -0.0795. The first kappa shape index (κ1) is 19.3. The van der Waals surface area contributed by atoms with Gasteiger partial charge in [0.1, 0.15) is 5.76 Å². The highest BCUT2D eigenvalue weighted by atomic mass is 19.4. The third kappa shape index (κ3) is 4.55. The molecule has 1 aromatic rings. The third-order valence-electron chi connectivity index (χ3n) is 4.78. The molecule has 0 atom stereocenters. The van der Waals surface area contributed by atoms with Gasteiger partial charge < -0.3 is 14.6 Å². The molecule has 0 spiro atoms. The highest BCUT2D eigenvalue weighted by Crippen LogP contribution is 2.53. The molecule has 1 aliphatic carbocycles. The molecule has 140 valence electrons. The molecule has 0 unspecified atom stereocenters. The summed E-state index contributed by atoms with van der Waals surface area (Å²) < 4.78 is 43.0. The van der Waals surface area contributed by atoms with Gasteiger partial charge in [-0.25, -0.2) is 0 Å². The smallest absolute Gasteiger partial charge is 0.391 e. The lowest BCUT2D eigenvalue weighted by Gasteiger charge is -2.46. The van der Waals surface area contributed by atoms with Crippen molar-refractivity contribution in [2.45, 2.75) is 39.3 Å². The minimum absolute atomic E-state index is 0.113. The zero-order chi connectivity index (χ0) is 18.8. The lowest BCUT2D eigenvalue weighted by molar-refractivity contribution is -0.220. The summed E-state index contributed by atoms with van der Waals surface area (Å²) in [6, 6.07) is 1.77. The minimum Gasteiger partial charge on any atom is -0.469 e. The molecule has 8 heteroatoms. The maximum atomic E-state index is 12.6. The normalized spacial score (nSPS) is 23.0. The Labute approximate surface area is 144 Å². The van der Waals surface area contributed by atoms with Crippen molar-refractivity contribution < 1.29 is 27.2 Å². The number of rotatable bonds is 6. The molecule has 1 aliphatic rings. The fraction of sp³-hybridized carbons (Fsp3) is 0.647. The third-order valence-corrected chi connectivity index (χ3v) is 4.78. The average Bonchev–Trinajstić information content (AvgIpc) is 2.87. The van der Waals surface area contributed by atoms with Crippen LogP contribution in [0.25, 0.3) is 0 Å². The fourth-order valence-electron chi connectivity index (χ4n) is 3.15. The van der Waals surface area contributed by atoms with Gasteiger partial charge in [0.2, 0.25) is 11.8 Å². The predicted molar refractivity (Wildman–Crippen MR) is 84.7 cm³/mol. The summed E-state index contributed by atoms with van der Waals surface area (Å²) in [6.07, 6.45) is -2.97. The first-order valence-corrected chi connectivity index (χ1v) is 8.15. The van der Waals surface area contributed by atoms with Crippen LogP contribution in [0.5, 0.6) is 0 Å². The molecular formula is C17H23F3N2O3. The Balaban J connectivity index is 1.73. The Bertz CT molecular complexity index is 633. The van der Waals surface area contributed by atoms with Gasteiger partial charge in [0.05, 0.1) is 18.6 Å². The summed E-state index contributed by atoms with van der Waals surface area (Å²) in [7, 11) is 1.54. The maximum Gasteiger partial charge on any atom is 0.391 e. The van der Waals surface area contributed by atoms with Crippen molar-refractivity contribution in [2.24, 2.45) is 11.3 Å². The highest BCUT2D eigenvalue weighted by molar-refractivity contribution is 5.83. The molecule has 0 aromatic carbocycles. The number of amides is 2. The lowest BCUT2D eigenvalue weighted by Crippen LogP contribution is -2.52. The number of alkyl halides is 3. The Kier molecular flexibility index (Phi) is 5.49. The number of carbonyl (C=O) groups excluding carboxylic acids is 2. The van der Waals surface area contributed by atoms with Crippen LogP contribution in [0.4, 0.5) is 13.2 Å². The number of nitrogens with zero attached hydrogens (tertiary/aromatic N) is 1. The fourth-order valence-corrected chi connectivity index (χ4v) is 3.15. The van der Waals surface area contributed by atoms with Gasteiger partial charge in [0.25, 0.3) is 0 Å². The molecule has 5 nitrogen and oxygen atoms in total. The van der Waals surface area contributed by atoms with Crippen molar-refractivity contribution in [1.29, 1.82) is 0 Å². The molecule has 0 aliphatic heterocycles. The first-order chi connectivity index (χ1) is 11.5. The van der Waals surface area contributed by atoms with E-state index in [9.17, 15) is 22.8 Å². The van der Waals surface area contributed by atoms with Crippen LogP contribution < -0.4 is 5.32 Å². The lowest BCUT2D eigenvalue weighted by atomic mass is 9.62. The van der Waals surface area contributed by atoms with Crippen LogP contribution >= 0.6 is 0 Å². The molecule has 1 fully saturated rings. The van der Waals surface area contributed by atoms with Gasteiger partial charge in [-0.2, -0.15) is 13.2 Å². The molecule has 1 N–H and O–H groups in total. The predicted octanol–water partition coefficient (Wildman–Crippen LogP) is 2.68. The Morgan fingerprint density at radius 2 is 2.04 bits per heavy atom. The van der Waals surface area contributed by atoms with Crippen molar-refractivity contribution in [3.63, 3.8) is 0 Å². The van der Waals surface area contributed by atoms with E-state index in [1.165, 1.54) is 18.2 Å². The largest absolute Gasteiger partial charge is 0.469 e. The highest BCUT2D eigenvalue weighted by Gasteiger charge is 2.57. The summed E-state index contributed by atoms with van der Waals surface area (Å²) in [6.45, 7) is 3.88. The standard InChI is InChI=1S/C17H23F3N2O3/c1-11-4-7-25-13(11)8-14(23)21-5-6-22(3)15(24)16(2)9-12(10-16)17(18,19)20/h4,7,12H,5-6,8-10H2,1-3H3,(H,21,23). The van der Waals surface area contributed by atoms with Gasteiger partial charge in [0.15, 0.2) is 0 Å². The molecule has 1 aromatic heterocycles. The molecule has 2 amide bonds. The van der Waals surface area contributed by atoms with E-state index in [2.05, 4.69) is 5.32 Å². The van der Waals surface area contributed by atoms with Gasteiger partial charge in [-0.15, -0.1) is 0 Å². The van der Waals surface area contributed by atoms with Crippen LogP contribution in [0, 0.1) is 18.3 Å². The van der Waals surface area contributed by atoms with E-state index in [1.807, 2.05) is 6.92 Å². The Morgan fingerprint density at radius 3 is 2.56 bits per heavy atom. The van der Waals surface area contributed by atoms with E-state index in [0.29, 0.717) is 5.76 Å². The Hall–Kier alpha value is -1.99. The van der Waals surface area contributed by atoms with E-state index in [0.717, 1.165) is 5.56 Å². The zero-order valence-electron chi connectivity index (χ0n) is 14.6. The second-order valence-electron chi connectivity index (χ2n) is 6.99. The molecular weight excluding hydrogens is 337 g/mol. The number of hydrogen-bond acceptors (Lipinski definition) is 3. The summed E-state index contributed by atoms with van der Waals surface area (Å²) >= 11 is 0. The van der Waals surface area contributed by atoms with Gasteiger partial charge >= 0.3 is 6.18 Å². The van der Waals surface area contributed by atoms with Crippen LogP contribution in [-0.4, -0.2) is 43.0 Å². The van der Waals surface area contributed by atoms with Crippen LogP contribution in [0.1, 0.15) is 31.1 Å². The molecule has 0 bridgehead atoms. The monoisotopic (exact) mass is 360 g/mol. The molecule has 25 heavy (non-hydrogen) atoms. The number of hydrogen-bond donors (Lipinski definition) is 1. The van der Waals surface area contributed by atoms with Crippen molar-refractivity contribution in [2.75, 3.05) is 20.1 Å². The van der Waals surface area contributed by atoms with Gasteiger partial charge in [-0.05, 0) is 31.4 Å². The molecule has 0 saturated heterocycles. The number of halogens is 3. The number of aryl methyl sites for hydroxylation is 1. The van der Waals surface area contributed by atoms with Crippen molar-refractivity contribution in [1.82, 2.24) is 10.2 Å². The average molecular weight is 360 g/mol. The first-order valence-electron chi connectivity index (χ1n) is 8.15. The molecule has 0 radical (unpaired) electrons. The van der Waals surface area contributed by atoms with E-state index in [-0.39, 0.29) is 44.2 Å². The summed E-state index contributed by atoms with van der Waals surface area (Å²) in [5, 5.41) is 2.68. The van der Waals surface area contributed by atoms with Crippen LogP contribution in [0.3, 0.4) is 0 Å². The quantitative estimate of drug-likeness (QED) is 0.848. The number of nitrogens with one attached hydrogen (secondary N) is 1. The van der Waals surface area contributed by atoms with Crippen LogP contribution in [0.2, 0.25) is 0 Å².